The zero-order valence-corrected chi connectivity index (χ0v) is 25.0. The second kappa shape index (κ2) is 10.7. The highest BCUT2D eigenvalue weighted by atomic mass is 14.1. The highest BCUT2D eigenvalue weighted by molar-refractivity contribution is 5.98. The molecule has 0 saturated heterocycles. The summed E-state index contributed by atoms with van der Waals surface area (Å²) in [7, 11) is 0. The van der Waals surface area contributed by atoms with Gasteiger partial charge >= 0.3 is 0 Å². The topological polar surface area (TPSA) is 0 Å². The van der Waals surface area contributed by atoms with Crippen molar-refractivity contribution in [3.05, 3.63) is 169 Å². The largest absolute Gasteiger partial charge is 0.0616 e. The number of hydrogen-bond acceptors (Lipinski definition) is 0. The third-order valence-corrected chi connectivity index (χ3v) is 9.27. The van der Waals surface area contributed by atoms with Gasteiger partial charge in [-0.1, -0.05) is 121 Å². The first-order chi connectivity index (χ1) is 21.6. The molecule has 0 spiro atoms. The van der Waals surface area contributed by atoms with Crippen molar-refractivity contribution in [2.24, 2.45) is 0 Å². The van der Waals surface area contributed by atoms with Crippen LogP contribution in [0.2, 0.25) is 0 Å². The SMILES string of the molecule is C/C(=C(/C)c1ccc2cc(-c3ccc4ccccc4c3)ccc2c1)c1ccc2cc(-c3ccc4ccccc4c3)ccc2c1. The van der Waals surface area contributed by atoms with Crippen molar-refractivity contribution in [3.63, 3.8) is 0 Å². The molecule has 0 aromatic heterocycles. The predicted molar refractivity (Wildman–Crippen MR) is 192 cm³/mol. The summed E-state index contributed by atoms with van der Waals surface area (Å²) in [6, 6.07) is 57.9. The van der Waals surface area contributed by atoms with Gasteiger partial charge in [-0.3, -0.25) is 0 Å². The third kappa shape index (κ3) is 4.75. The van der Waals surface area contributed by atoms with Crippen LogP contribution in [-0.2, 0) is 0 Å². The predicted octanol–water partition coefficient (Wildman–Crippen LogP) is 12.6. The molecule has 0 unspecified atom stereocenters. The van der Waals surface area contributed by atoms with E-state index >= 15 is 0 Å². The average molecular weight is 561 g/mol. The molecule has 0 fully saturated rings. The number of benzene rings is 8. The van der Waals surface area contributed by atoms with Crippen molar-refractivity contribution in [3.8, 4) is 22.3 Å². The molecule has 8 aromatic carbocycles. The Labute approximate surface area is 258 Å². The molecule has 0 atom stereocenters. The van der Waals surface area contributed by atoms with Crippen molar-refractivity contribution in [2.75, 3.05) is 0 Å². The van der Waals surface area contributed by atoms with E-state index in [1.54, 1.807) is 0 Å². The fourth-order valence-corrected chi connectivity index (χ4v) is 6.49. The smallest absolute Gasteiger partial charge is 0.0177 e. The van der Waals surface area contributed by atoms with Crippen LogP contribution in [-0.4, -0.2) is 0 Å². The first-order valence-electron chi connectivity index (χ1n) is 15.3. The number of rotatable bonds is 4. The van der Waals surface area contributed by atoms with Gasteiger partial charge in [-0.05, 0) is 138 Å². The molecule has 8 rings (SSSR count). The summed E-state index contributed by atoms with van der Waals surface area (Å²) in [6.07, 6.45) is 0. The van der Waals surface area contributed by atoms with Gasteiger partial charge in [0.05, 0.1) is 0 Å². The Balaban J connectivity index is 1.09. The summed E-state index contributed by atoms with van der Waals surface area (Å²) < 4.78 is 0. The van der Waals surface area contributed by atoms with Crippen LogP contribution >= 0.6 is 0 Å². The summed E-state index contributed by atoms with van der Waals surface area (Å²) in [4.78, 5) is 0. The van der Waals surface area contributed by atoms with Crippen LogP contribution in [0.25, 0.3) is 76.5 Å². The standard InChI is InChI=1S/C44H32/c1-29(33-13-17-41-27-43(21-19-37(41)23-33)39-15-11-31-7-3-5-9-35(31)25-39)30(2)34-14-18-42-28-44(22-20-38(42)24-34)40-16-12-32-8-4-6-10-36(32)26-40/h3-28H,1-2H3/b30-29+. The zero-order chi connectivity index (χ0) is 29.6. The maximum absolute atomic E-state index is 2.33. The van der Waals surface area contributed by atoms with Gasteiger partial charge in [0.2, 0.25) is 0 Å². The van der Waals surface area contributed by atoms with Crippen LogP contribution in [0.3, 0.4) is 0 Å². The molecule has 8 aromatic rings. The van der Waals surface area contributed by atoms with E-state index in [1.165, 1.54) is 87.6 Å². The quantitative estimate of drug-likeness (QED) is 0.188. The van der Waals surface area contributed by atoms with E-state index in [0.29, 0.717) is 0 Å². The van der Waals surface area contributed by atoms with Crippen LogP contribution in [0.5, 0.6) is 0 Å². The lowest BCUT2D eigenvalue weighted by molar-refractivity contribution is 1.54. The molecule has 44 heavy (non-hydrogen) atoms. The summed E-state index contributed by atoms with van der Waals surface area (Å²) in [5.41, 5.74) is 10.1. The lowest BCUT2D eigenvalue weighted by Crippen LogP contribution is -1.88. The maximum Gasteiger partial charge on any atom is -0.0177 e. The molecule has 0 aliphatic carbocycles. The van der Waals surface area contributed by atoms with Crippen LogP contribution < -0.4 is 0 Å². The Morgan fingerprint density at radius 2 is 0.545 bits per heavy atom. The van der Waals surface area contributed by atoms with E-state index in [1.807, 2.05) is 0 Å². The molecule has 0 heteroatoms. The Bertz CT molecular complexity index is 2230. The van der Waals surface area contributed by atoms with E-state index in [0.717, 1.165) is 0 Å². The molecule has 0 aliphatic heterocycles. The lowest BCUT2D eigenvalue weighted by atomic mass is 9.92. The van der Waals surface area contributed by atoms with Crippen LogP contribution in [0.4, 0.5) is 0 Å². The molecule has 0 N–H and O–H groups in total. The summed E-state index contributed by atoms with van der Waals surface area (Å²) in [5.74, 6) is 0. The van der Waals surface area contributed by atoms with Gasteiger partial charge in [-0.2, -0.15) is 0 Å². The highest BCUT2D eigenvalue weighted by Crippen LogP contribution is 2.33. The van der Waals surface area contributed by atoms with E-state index < -0.39 is 0 Å². The molecule has 0 saturated carbocycles. The Morgan fingerprint density at radius 3 is 0.932 bits per heavy atom. The van der Waals surface area contributed by atoms with Crippen molar-refractivity contribution < 1.29 is 0 Å². The fourth-order valence-electron chi connectivity index (χ4n) is 6.49. The van der Waals surface area contributed by atoms with Gasteiger partial charge < -0.3 is 0 Å². The van der Waals surface area contributed by atoms with Crippen molar-refractivity contribution >= 4 is 54.2 Å². The summed E-state index contributed by atoms with van der Waals surface area (Å²) in [6.45, 7) is 4.49. The Morgan fingerprint density at radius 1 is 0.273 bits per heavy atom. The van der Waals surface area contributed by atoms with E-state index in [9.17, 15) is 0 Å². The number of allylic oxidation sites excluding steroid dienone is 2. The van der Waals surface area contributed by atoms with Gasteiger partial charge in [0.25, 0.3) is 0 Å². The van der Waals surface area contributed by atoms with Gasteiger partial charge in [0.15, 0.2) is 0 Å². The first kappa shape index (κ1) is 26.2. The van der Waals surface area contributed by atoms with Crippen molar-refractivity contribution in [1.82, 2.24) is 0 Å². The monoisotopic (exact) mass is 560 g/mol. The molecule has 0 amide bonds. The van der Waals surface area contributed by atoms with Crippen molar-refractivity contribution in [1.29, 1.82) is 0 Å². The van der Waals surface area contributed by atoms with E-state index in [2.05, 4.69) is 172 Å². The summed E-state index contributed by atoms with van der Waals surface area (Å²) in [5, 5.41) is 10.1. The molecule has 0 radical (unpaired) electrons. The van der Waals surface area contributed by atoms with Crippen LogP contribution in [0.15, 0.2) is 158 Å². The molecule has 0 aliphatic rings. The second-order valence-corrected chi connectivity index (χ2v) is 11.9. The van der Waals surface area contributed by atoms with Gasteiger partial charge in [-0.15, -0.1) is 0 Å². The fraction of sp³-hybridized carbons (Fsp3) is 0.0455. The molecule has 208 valence electrons. The zero-order valence-electron chi connectivity index (χ0n) is 25.0. The van der Waals surface area contributed by atoms with E-state index in [4.69, 9.17) is 0 Å². The Kier molecular flexibility index (Phi) is 6.35. The lowest BCUT2D eigenvalue weighted by Gasteiger charge is -2.12. The van der Waals surface area contributed by atoms with Gasteiger partial charge in [0.1, 0.15) is 0 Å². The molecule has 0 nitrogen and oxygen atoms in total. The van der Waals surface area contributed by atoms with Crippen LogP contribution in [0.1, 0.15) is 25.0 Å². The molecular formula is C44H32. The first-order valence-corrected chi connectivity index (χ1v) is 15.3. The second-order valence-electron chi connectivity index (χ2n) is 11.9. The minimum absolute atomic E-state index is 1.25. The average Bonchev–Trinajstić information content (AvgIpc) is 3.09. The molecular weight excluding hydrogens is 528 g/mol. The third-order valence-electron chi connectivity index (χ3n) is 9.27. The Hall–Kier alpha value is -5.46. The van der Waals surface area contributed by atoms with E-state index in [-0.39, 0.29) is 0 Å². The van der Waals surface area contributed by atoms with Gasteiger partial charge in [-0.25, -0.2) is 0 Å². The number of hydrogen-bond donors (Lipinski definition) is 0. The highest BCUT2D eigenvalue weighted by Gasteiger charge is 2.09. The van der Waals surface area contributed by atoms with Crippen LogP contribution in [0, 0.1) is 0 Å². The van der Waals surface area contributed by atoms with Crippen molar-refractivity contribution in [2.45, 2.75) is 13.8 Å². The normalized spacial score (nSPS) is 12.2. The number of fused-ring (bicyclic) bond motifs is 4. The minimum atomic E-state index is 1.25. The molecule has 0 bridgehead atoms. The summed E-state index contributed by atoms with van der Waals surface area (Å²) >= 11 is 0. The van der Waals surface area contributed by atoms with Gasteiger partial charge in [0, 0.05) is 0 Å². The maximum atomic E-state index is 2.33. The minimum Gasteiger partial charge on any atom is -0.0616 e. The molecule has 0 heterocycles.